The van der Waals surface area contributed by atoms with Gasteiger partial charge < -0.3 is 5.32 Å². The van der Waals surface area contributed by atoms with Gasteiger partial charge in [-0.15, -0.1) is 11.3 Å². The van der Waals surface area contributed by atoms with Crippen molar-refractivity contribution in [2.45, 2.75) is 38.8 Å². The van der Waals surface area contributed by atoms with Gasteiger partial charge in [0, 0.05) is 17.5 Å². The second kappa shape index (κ2) is 4.65. The van der Waals surface area contributed by atoms with E-state index in [1.807, 2.05) is 6.07 Å². The number of rotatable bonds is 5. The van der Waals surface area contributed by atoms with Gasteiger partial charge in [-0.1, -0.05) is 24.9 Å². The van der Waals surface area contributed by atoms with Gasteiger partial charge in [-0.2, -0.15) is 0 Å². The molecule has 1 saturated carbocycles. The summed E-state index contributed by atoms with van der Waals surface area (Å²) in [5, 5.41) is 3.57. The zero-order valence-electron chi connectivity index (χ0n) is 8.42. The second-order valence-corrected chi connectivity index (χ2v) is 5.78. The molecule has 0 radical (unpaired) electrons. The van der Waals surface area contributed by atoms with Crippen LogP contribution in [0, 0.1) is 5.92 Å². The number of thiophene rings is 1. The van der Waals surface area contributed by atoms with Gasteiger partial charge in [0.15, 0.2) is 0 Å². The molecular formula is C11H16ClNS. The largest absolute Gasteiger partial charge is 0.309 e. The van der Waals surface area contributed by atoms with E-state index in [0.29, 0.717) is 0 Å². The fraction of sp³-hybridized carbons (Fsp3) is 0.636. The molecule has 0 saturated heterocycles. The summed E-state index contributed by atoms with van der Waals surface area (Å²) in [4.78, 5) is 1.34. The molecule has 0 aromatic carbocycles. The summed E-state index contributed by atoms with van der Waals surface area (Å²) in [6.07, 6.45) is 4.06. The van der Waals surface area contributed by atoms with Crippen LogP contribution in [0.5, 0.6) is 0 Å². The lowest BCUT2D eigenvalue weighted by atomic mass is 10.2. The maximum Gasteiger partial charge on any atom is 0.0931 e. The Labute approximate surface area is 94.5 Å². The highest BCUT2D eigenvalue weighted by Gasteiger charge is 2.35. The van der Waals surface area contributed by atoms with Gasteiger partial charge in [-0.05, 0) is 30.9 Å². The van der Waals surface area contributed by atoms with Crippen molar-refractivity contribution < 1.29 is 0 Å². The number of halogens is 1. The summed E-state index contributed by atoms with van der Waals surface area (Å²) in [5.41, 5.74) is 0. The molecule has 2 atom stereocenters. The predicted molar refractivity (Wildman–Crippen MR) is 63.0 cm³/mol. The zero-order chi connectivity index (χ0) is 9.97. The van der Waals surface area contributed by atoms with Gasteiger partial charge in [0.2, 0.25) is 0 Å². The van der Waals surface area contributed by atoms with Crippen molar-refractivity contribution in [3.8, 4) is 0 Å². The average Bonchev–Trinajstić information content (AvgIpc) is 2.77. The van der Waals surface area contributed by atoms with Crippen LogP contribution in [0.4, 0.5) is 0 Å². The minimum absolute atomic E-state index is 0.774. The maximum atomic E-state index is 5.86. The van der Waals surface area contributed by atoms with Gasteiger partial charge >= 0.3 is 0 Å². The van der Waals surface area contributed by atoms with Gasteiger partial charge in [-0.25, -0.2) is 0 Å². The molecule has 1 aromatic rings. The molecule has 0 spiro atoms. The molecule has 1 aliphatic rings. The summed E-state index contributed by atoms with van der Waals surface area (Å²) in [5.74, 6) is 0.940. The zero-order valence-corrected chi connectivity index (χ0v) is 10.00. The van der Waals surface area contributed by atoms with E-state index in [2.05, 4.69) is 18.3 Å². The first kappa shape index (κ1) is 10.5. The van der Waals surface area contributed by atoms with Gasteiger partial charge in [-0.3, -0.25) is 0 Å². The average molecular weight is 230 g/mol. The first-order valence-corrected chi connectivity index (χ1v) is 6.46. The summed E-state index contributed by atoms with van der Waals surface area (Å²) in [6.45, 7) is 3.25. The van der Waals surface area contributed by atoms with E-state index in [9.17, 15) is 0 Å². The summed E-state index contributed by atoms with van der Waals surface area (Å²) in [7, 11) is 0. The molecule has 1 nitrogen and oxygen atoms in total. The molecule has 14 heavy (non-hydrogen) atoms. The number of hydrogen-bond acceptors (Lipinski definition) is 2. The van der Waals surface area contributed by atoms with Crippen molar-refractivity contribution in [1.29, 1.82) is 0 Å². The van der Waals surface area contributed by atoms with Crippen molar-refractivity contribution in [2.24, 2.45) is 5.92 Å². The first-order valence-electron chi connectivity index (χ1n) is 5.27. The molecule has 0 aliphatic heterocycles. The van der Waals surface area contributed by atoms with E-state index in [1.54, 1.807) is 11.3 Å². The number of hydrogen-bond donors (Lipinski definition) is 1. The second-order valence-electron chi connectivity index (χ2n) is 3.98. The molecule has 1 N–H and O–H groups in total. The molecule has 1 heterocycles. The topological polar surface area (TPSA) is 12.0 Å². The third-order valence-electron chi connectivity index (χ3n) is 2.75. The Kier molecular flexibility index (Phi) is 3.47. The van der Waals surface area contributed by atoms with Crippen molar-refractivity contribution in [3.63, 3.8) is 0 Å². The lowest BCUT2D eigenvalue weighted by Crippen LogP contribution is -2.16. The van der Waals surface area contributed by atoms with Gasteiger partial charge in [0.25, 0.3) is 0 Å². The Bertz CT molecular complexity index is 297. The normalized spacial score (nSPS) is 25.3. The van der Waals surface area contributed by atoms with Crippen molar-refractivity contribution in [2.75, 3.05) is 0 Å². The predicted octanol–water partition coefficient (Wildman–Crippen LogP) is 3.68. The summed E-state index contributed by atoms with van der Waals surface area (Å²) < 4.78 is 0.891. The smallest absolute Gasteiger partial charge is 0.0931 e. The Hall–Kier alpha value is -0.0500. The van der Waals surface area contributed by atoms with Crippen LogP contribution in [0.3, 0.4) is 0 Å². The van der Waals surface area contributed by atoms with Gasteiger partial charge in [0.1, 0.15) is 0 Å². The maximum absolute atomic E-state index is 5.86. The third kappa shape index (κ3) is 2.72. The molecule has 3 heteroatoms. The van der Waals surface area contributed by atoms with Crippen LogP contribution < -0.4 is 5.32 Å². The van der Waals surface area contributed by atoms with Crippen molar-refractivity contribution in [3.05, 3.63) is 21.3 Å². The molecule has 2 rings (SSSR count). The van der Waals surface area contributed by atoms with Crippen LogP contribution in [0.25, 0.3) is 0 Å². The van der Waals surface area contributed by atoms with Crippen LogP contribution >= 0.6 is 22.9 Å². The van der Waals surface area contributed by atoms with Crippen LogP contribution in [0.1, 0.15) is 31.1 Å². The SMILES string of the molecule is CCCC1CC1NCc1ccc(Cl)s1. The highest BCUT2D eigenvalue weighted by Crippen LogP contribution is 2.35. The minimum Gasteiger partial charge on any atom is -0.309 e. The summed E-state index contributed by atoms with van der Waals surface area (Å²) in [6, 6.07) is 4.85. The standard InChI is InChI=1S/C11H16ClNS/c1-2-3-8-6-10(8)13-7-9-4-5-11(12)14-9/h4-5,8,10,13H,2-3,6-7H2,1H3. The van der Waals surface area contributed by atoms with E-state index in [4.69, 9.17) is 11.6 Å². The van der Waals surface area contributed by atoms with E-state index >= 15 is 0 Å². The third-order valence-corrected chi connectivity index (χ3v) is 3.98. The van der Waals surface area contributed by atoms with Crippen molar-refractivity contribution in [1.82, 2.24) is 5.32 Å². The van der Waals surface area contributed by atoms with E-state index in [0.717, 1.165) is 22.8 Å². The molecule has 78 valence electrons. The Morgan fingerprint density at radius 2 is 2.43 bits per heavy atom. The molecule has 0 amide bonds. The highest BCUT2D eigenvalue weighted by molar-refractivity contribution is 7.16. The van der Waals surface area contributed by atoms with E-state index in [1.165, 1.54) is 24.1 Å². The van der Waals surface area contributed by atoms with Crippen LogP contribution in [-0.4, -0.2) is 6.04 Å². The number of nitrogens with one attached hydrogen (secondary N) is 1. The lowest BCUT2D eigenvalue weighted by molar-refractivity contribution is 0.602. The van der Waals surface area contributed by atoms with Gasteiger partial charge in [0.05, 0.1) is 4.34 Å². The molecule has 2 unspecified atom stereocenters. The van der Waals surface area contributed by atoms with Crippen LogP contribution in [0.15, 0.2) is 12.1 Å². The Balaban J connectivity index is 1.69. The lowest BCUT2D eigenvalue weighted by Gasteiger charge is -2.00. The molecule has 1 aromatic heterocycles. The quantitative estimate of drug-likeness (QED) is 0.812. The first-order chi connectivity index (χ1) is 6.79. The fourth-order valence-corrected chi connectivity index (χ4v) is 2.90. The molecule has 1 aliphatic carbocycles. The Morgan fingerprint density at radius 3 is 3.07 bits per heavy atom. The Morgan fingerprint density at radius 1 is 1.57 bits per heavy atom. The van der Waals surface area contributed by atoms with Crippen molar-refractivity contribution >= 4 is 22.9 Å². The van der Waals surface area contributed by atoms with Crippen LogP contribution in [-0.2, 0) is 6.54 Å². The van der Waals surface area contributed by atoms with E-state index < -0.39 is 0 Å². The molecular weight excluding hydrogens is 214 g/mol. The molecule has 1 fully saturated rings. The fourth-order valence-electron chi connectivity index (χ4n) is 1.87. The monoisotopic (exact) mass is 229 g/mol. The molecule has 0 bridgehead atoms. The highest BCUT2D eigenvalue weighted by atomic mass is 35.5. The van der Waals surface area contributed by atoms with E-state index in [-0.39, 0.29) is 0 Å². The van der Waals surface area contributed by atoms with Crippen LogP contribution in [0.2, 0.25) is 4.34 Å². The summed E-state index contributed by atoms with van der Waals surface area (Å²) >= 11 is 7.54. The minimum atomic E-state index is 0.774.